The van der Waals surface area contributed by atoms with Crippen molar-refractivity contribution in [1.82, 2.24) is 14.4 Å². The number of anilines is 1. The van der Waals surface area contributed by atoms with Crippen LogP contribution in [0.25, 0.3) is 0 Å². The van der Waals surface area contributed by atoms with Crippen molar-refractivity contribution in [3.8, 4) is 0 Å². The molecule has 1 saturated heterocycles. The van der Waals surface area contributed by atoms with Crippen molar-refractivity contribution in [2.75, 3.05) is 31.5 Å². The van der Waals surface area contributed by atoms with Crippen LogP contribution in [0.1, 0.15) is 32.0 Å². The third-order valence-electron chi connectivity index (χ3n) is 5.90. The molecule has 0 aliphatic carbocycles. The Morgan fingerprint density at radius 2 is 1.48 bits per heavy atom. The number of amides is 3. The molecule has 1 aliphatic heterocycles. The molecule has 1 fully saturated rings. The number of hydrogen-bond donors (Lipinski definition) is 1. The zero-order valence-electron chi connectivity index (χ0n) is 19.0. The third kappa shape index (κ3) is 5.14. The smallest absolute Gasteiger partial charge is 0.270 e. The second-order valence-corrected chi connectivity index (χ2v) is 8.34. The first-order valence-corrected chi connectivity index (χ1v) is 11.1. The lowest BCUT2D eigenvalue weighted by atomic mass is 10.1. The molecule has 0 radical (unpaired) electrons. The number of piperazine rings is 1. The van der Waals surface area contributed by atoms with Crippen LogP contribution in [0.5, 0.6) is 0 Å². The topological polar surface area (TPSA) is 74.7 Å². The van der Waals surface area contributed by atoms with Crippen LogP contribution in [0.3, 0.4) is 0 Å². The summed E-state index contributed by atoms with van der Waals surface area (Å²) in [4.78, 5) is 41.9. The molecule has 0 spiro atoms. The van der Waals surface area contributed by atoms with Gasteiger partial charge in [-0.15, -0.1) is 0 Å². The lowest BCUT2D eigenvalue weighted by Crippen LogP contribution is -2.51. The summed E-state index contributed by atoms with van der Waals surface area (Å²) >= 11 is 0. The van der Waals surface area contributed by atoms with E-state index < -0.39 is 0 Å². The Bertz CT molecular complexity index is 1160. The molecular formula is C26H28N4O3. The first-order chi connectivity index (χ1) is 15.9. The fourth-order valence-corrected chi connectivity index (χ4v) is 4.00. The van der Waals surface area contributed by atoms with Crippen molar-refractivity contribution >= 4 is 23.4 Å². The number of benzene rings is 2. The Hall–Kier alpha value is -3.87. The second-order valence-electron chi connectivity index (χ2n) is 8.34. The third-order valence-corrected chi connectivity index (χ3v) is 5.90. The van der Waals surface area contributed by atoms with Crippen LogP contribution in [0.4, 0.5) is 5.69 Å². The van der Waals surface area contributed by atoms with Gasteiger partial charge in [0.25, 0.3) is 11.8 Å². The van der Waals surface area contributed by atoms with Gasteiger partial charge in [0.05, 0.1) is 0 Å². The molecule has 33 heavy (non-hydrogen) atoms. The Labute approximate surface area is 193 Å². The summed E-state index contributed by atoms with van der Waals surface area (Å²) in [6.07, 6.45) is 1.74. The number of nitrogens with one attached hydrogen (secondary N) is 1. The van der Waals surface area contributed by atoms with Crippen LogP contribution in [0.2, 0.25) is 0 Å². The van der Waals surface area contributed by atoms with E-state index in [0.29, 0.717) is 37.4 Å². The van der Waals surface area contributed by atoms with Crippen molar-refractivity contribution in [3.63, 3.8) is 0 Å². The normalized spacial score (nSPS) is 13.6. The summed E-state index contributed by atoms with van der Waals surface area (Å²) in [5.41, 5.74) is 3.95. The zero-order chi connectivity index (χ0) is 23.4. The number of aromatic nitrogens is 1. The first kappa shape index (κ1) is 22.3. The van der Waals surface area contributed by atoms with Gasteiger partial charge in [0, 0.05) is 43.6 Å². The van der Waals surface area contributed by atoms with Gasteiger partial charge in [-0.1, -0.05) is 30.3 Å². The SMILES string of the molecule is Cc1ccc(C)c(NC(=O)Cn2cccc2C(=O)N2CCN(C(=O)c3ccccc3)CC2)c1. The molecule has 0 unspecified atom stereocenters. The van der Waals surface area contributed by atoms with Gasteiger partial charge in [-0.3, -0.25) is 14.4 Å². The van der Waals surface area contributed by atoms with Gasteiger partial charge in [-0.25, -0.2) is 0 Å². The van der Waals surface area contributed by atoms with Crippen LogP contribution < -0.4 is 5.32 Å². The maximum Gasteiger partial charge on any atom is 0.270 e. The standard InChI is InChI=1S/C26H28N4O3/c1-19-10-11-20(2)22(17-19)27-24(31)18-30-12-6-9-23(30)26(33)29-15-13-28(14-16-29)25(32)21-7-4-3-5-8-21/h3-12,17H,13-16,18H2,1-2H3,(H,27,31). The molecule has 2 aromatic carbocycles. The minimum Gasteiger partial charge on any atom is -0.335 e. The molecule has 3 aromatic rings. The van der Waals surface area contributed by atoms with E-state index in [9.17, 15) is 14.4 Å². The maximum atomic E-state index is 13.1. The largest absolute Gasteiger partial charge is 0.335 e. The van der Waals surface area contributed by atoms with E-state index in [-0.39, 0.29) is 24.3 Å². The van der Waals surface area contributed by atoms with Gasteiger partial charge < -0.3 is 19.7 Å². The Morgan fingerprint density at radius 3 is 2.18 bits per heavy atom. The van der Waals surface area contributed by atoms with E-state index in [4.69, 9.17) is 0 Å². The van der Waals surface area contributed by atoms with Crippen LogP contribution in [0.15, 0.2) is 66.9 Å². The zero-order valence-corrected chi connectivity index (χ0v) is 19.0. The lowest BCUT2D eigenvalue weighted by Gasteiger charge is -2.35. The van der Waals surface area contributed by atoms with Crippen molar-refractivity contribution in [3.05, 3.63) is 89.2 Å². The van der Waals surface area contributed by atoms with Gasteiger partial charge >= 0.3 is 0 Å². The van der Waals surface area contributed by atoms with Crippen LogP contribution in [0, 0.1) is 13.8 Å². The van der Waals surface area contributed by atoms with Gasteiger partial charge in [0.1, 0.15) is 12.2 Å². The minimum atomic E-state index is -0.188. The van der Waals surface area contributed by atoms with Crippen molar-refractivity contribution in [2.45, 2.75) is 20.4 Å². The molecule has 1 aromatic heterocycles. The van der Waals surface area contributed by atoms with Gasteiger partial charge in [-0.05, 0) is 55.3 Å². The second kappa shape index (κ2) is 9.73. The van der Waals surface area contributed by atoms with Crippen molar-refractivity contribution in [1.29, 1.82) is 0 Å². The highest BCUT2D eigenvalue weighted by molar-refractivity contribution is 5.96. The summed E-state index contributed by atoms with van der Waals surface area (Å²) in [5.74, 6) is -0.340. The molecule has 2 heterocycles. The van der Waals surface area contributed by atoms with Crippen molar-refractivity contribution < 1.29 is 14.4 Å². The van der Waals surface area contributed by atoms with E-state index in [2.05, 4.69) is 5.32 Å². The number of nitrogens with zero attached hydrogens (tertiary/aromatic N) is 3. The fourth-order valence-electron chi connectivity index (χ4n) is 4.00. The van der Waals surface area contributed by atoms with Gasteiger partial charge in [0.2, 0.25) is 5.91 Å². The molecular weight excluding hydrogens is 416 g/mol. The van der Waals surface area contributed by atoms with Crippen LogP contribution in [-0.2, 0) is 11.3 Å². The van der Waals surface area contributed by atoms with E-state index >= 15 is 0 Å². The number of hydrogen-bond acceptors (Lipinski definition) is 3. The predicted octanol–water partition coefficient (Wildman–Crippen LogP) is 3.34. The Morgan fingerprint density at radius 1 is 0.818 bits per heavy atom. The number of carbonyl (C=O) groups excluding carboxylic acids is 3. The minimum absolute atomic E-state index is 0.0193. The Balaban J connectivity index is 1.36. The molecule has 1 N–H and O–H groups in total. The quantitative estimate of drug-likeness (QED) is 0.656. The average Bonchev–Trinajstić information content (AvgIpc) is 3.29. The number of aryl methyl sites for hydroxylation is 2. The first-order valence-electron chi connectivity index (χ1n) is 11.1. The highest BCUT2D eigenvalue weighted by Crippen LogP contribution is 2.17. The molecule has 0 atom stereocenters. The van der Waals surface area contributed by atoms with Crippen LogP contribution >= 0.6 is 0 Å². The summed E-state index contributed by atoms with van der Waals surface area (Å²) < 4.78 is 1.67. The summed E-state index contributed by atoms with van der Waals surface area (Å²) in [5, 5.41) is 2.94. The number of rotatable bonds is 5. The monoisotopic (exact) mass is 444 g/mol. The highest BCUT2D eigenvalue weighted by atomic mass is 16.2. The van der Waals surface area contributed by atoms with E-state index in [1.54, 1.807) is 44.8 Å². The Kier molecular flexibility index (Phi) is 6.58. The lowest BCUT2D eigenvalue weighted by molar-refractivity contribution is -0.116. The molecule has 1 aliphatic rings. The fraction of sp³-hybridized carbons (Fsp3) is 0.269. The van der Waals surface area contributed by atoms with Gasteiger partial charge in [0.15, 0.2) is 0 Å². The molecule has 7 nitrogen and oxygen atoms in total. The molecule has 3 amide bonds. The van der Waals surface area contributed by atoms with E-state index in [1.165, 1.54) is 0 Å². The van der Waals surface area contributed by atoms with Crippen LogP contribution in [-0.4, -0.2) is 58.3 Å². The maximum absolute atomic E-state index is 13.1. The molecule has 170 valence electrons. The molecule has 7 heteroatoms. The van der Waals surface area contributed by atoms with Crippen molar-refractivity contribution in [2.24, 2.45) is 0 Å². The summed E-state index contributed by atoms with van der Waals surface area (Å²) in [6, 6.07) is 18.6. The highest BCUT2D eigenvalue weighted by Gasteiger charge is 2.27. The molecule has 4 rings (SSSR count). The summed E-state index contributed by atoms with van der Waals surface area (Å²) in [6.45, 7) is 5.84. The molecule has 0 bridgehead atoms. The number of carbonyl (C=O) groups is 3. The molecule has 0 saturated carbocycles. The van der Waals surface area contributed by atoms with E-state index in [0.717, 1.165) is 16.8 Å². The summed E-state index contributed by atoms with van der Waals surface area (Å²) in [7, 11) is 0. The van der Waals surface area contributed by atoms with Gasteiger partial charge in [-0.2, -0.15) is 0 Å². The average molecular weight is 445 g/mol. The van der Waals surface area contributed by atoms with E-state index in [1.807, 2.05) is 50.2 Å². The predicted molar refractivity (Wildman–Crippen MR) is 127 cm³/mol.